The molecule has 0 saturated heterocycles. The lowest BCUT2D eigenvalue weighted by molar-refractivity contribution is -0.384. The number of nitro benzene ring substituents is 1. The molecule has 8 nitrogen and oxygen atoms in total. The number of nitrogens with zero attached hydrogens (tertiary/aromatic N) is 1. The van der Waals surface area contributed by atoms with Crippen LogP contribution in [0, 0.1) is 22.0 Å². The minimum atomic E-state index is -0.720. The average Bonchev–Trinajstić information content (AvgIpc) is 2.59. The molecule has 0 bridgehead atoms. The third-order valence-electron chi connectivity index (χ3n) is 3.10. The zero-order valence-corrected chi connectivity index (χ0v) is 14.1. The molecular weight excluding hydrogens is 328 g/mol. The van der Waals surface area contributed by atoms with Crippen LogP contribution in [0.2, 0.25) is 0 Å². The summed E-state index contributed by atoms with van der Waals surface area (Å²) < 4.78 is 9.98. The van der Waals surface area contributed by atoms with E-state index in [1.807, 2.05) is 6.92 Å². The molecule has 0 saturated carbocycles. The van der Waals surface area contributed by atoms with Crippen LogP contribution in [0.5, 0.6) is 0 Å². The molecule has 0 aliphatic heterocycles. The summed E-state index contributed by atoms with van der Waals surface area (Å²) in [7, 11) is 0. The van der Waals surface area contributed by atoms with Crippen LogP contribution in [-0.2, 0) is 25.7 Å². The van der Waals surface area contributed by atoms with Gasteiger partial charge in [0.25, 0.3) is 5.69 Å². The number of hydrogen-bond acceptors (Lipinski definition) is 7. The largest absolute Gasteiger partial charge is 0.462 e. The highest BCUT2D eigenvalue weighted by atomic mass is 16.6. The molecule has 1 atom stereocenters. The number of nitro groups is 1. The van der Waals surface area contributed by atoms with Crippen LogP contribution in [0.15, 0.2) is 24.3 Å². The molecule has 0 aliphatic rings. The second-order valence-electron chi connectivity index (χ2n) is 5.11. The van der Waals surface area contributed by atoms with E-state index in [0.717, 1.165) is 6.42 Å². The number of rotatable bonds is 8. The van der Waals surface area contributed by atoms with Crippen molar-refractivity contribution in [1.29, 1.82) is 0 Å². The lowest BCUT2D eigenvalue weighted by Crippen LogP contribution is -2.27. The fraction of sp³-hybridized carbons (Fsp3) is 0.412. The second-order valence-corrected chi connectivity index (χ2v) is 5.11. The molecule has 1 unspecified atom stereocenters. The van der Waals surface area contributed by atoms with Crippen LogP contribution in [-0.4, -0.2) is 36.1 Å². The first-order chi connectivity index (χ1) is 11.9. The summed E-state index contributed by atoms with van der Waals surface area (Å²) in [6.45, 7) is 3.84. The number of ether oxygens (including phenoxy) is 2. The Labute approximate surface area is 145 Å². The van der Waals surface area contributed by atoms with Crippen LogP contribution < -0.4 is 5.32 Å². The van der Waals surface area contributed by atoms with Crippen molar-refractivity contribution in [3.05, 3.63) is 39.9 Å². The average molecular weight is 348 g/mol. The highest BCUT2D eigenvalue weighted by Crippen LogP contribution is 2.12. The van der Waals surface area contributed by atoms with Gasteiger partial charge in [0.1, 0.15) is 6.61 Å². The van der Waals surface area contributed by atoms with Gasteiger partial charge in [0.05, 0.1) is 24.1 Å². The Balaban J connectivity index is 2.25. The van der Waals surface area contributed by atoms with Gasteiger partial charge >= 0.3 is 11.9 Å². The van der Waals surface area contributed by atoms with E-state index < -0.39 is 10.9 Å². The van der Waals surface area contributed by atoms with Gasteiger partial charge in [-0.1, -0.05) is 12.8 Å². The lowest BCUT2D eigenvalue weighted by atomic mass is 10.2. The molecule has 0 heterocycles. The molecule has 0 aliphatic carbocycles. The SMILES string of the molecule is CCC(C)OC(=O)CNCC#CC(=O)OCc1ccc([N+](=O)[O-])cc1. The predicted molar refractivity (Wildman–Crippen MR) is 89.4 cm³/mol. The van der Waals surface area contributed by atoms with E-state index in [9.17, 15) is 19.7 Å². The summed E-state index contributed by atoms with van der Waals surface area (Å²) in [6, 6.07) is 5.67. The topological polar surface area (TPSA) is 108 Å². The van der Waals surface area contributed by atoms with Crippen LogP contribution in [0.3, 0.4) is 0 Å². The summed E-state index contributed by atoms with van der Waals surface area (Å²) in [6.07, 6.45) is 0.612. The summed E-state index contributed by atoms with van der Waals surface area (Å²) in [5.41, 5.74) is 0.583. The maximum Gasteiger partial charge on any atom is 0.384 e. The minimum Gasteiger partial charge on any atom is -0.462 e. The maximum absolute atomic E-state index is 11.4. The number of carbonyl (C=O) groups excluding carboxylic acids is 2. The Kier molecular flexibility index (Phi) is 8.68. The van der Waals surface area contributed by atoms with E-state index in [2.05, 4.69) is 17.2 Å². The molecule has 0 radical (unpaired) electrons. The van der Waals surface area contributed by atoms with Crippen LogP contribution >= 0.6 is 0 Å². The lowest BCUT2D eigenvalue weighted by Gasteiger charge is -2.10. The first kappa shape index (κ1) is 20.1. The molecule has 1 aromatic carbocycles. The van der Waals surface area contributed by atoms with E-state index in [0.29, 0.717) is 5.56 Å². The number of benzene rings is 1. The van der Waals surface area contributed by atoms with E-state index in [1.54, 1.807) is 6.92 Å². The number of esters is 2. The normalized spacial score (nSPS) is 11.0. The molecule has 1 aromatic rings. The number of carbonyl (C=O) groups is 2. The van der Waals surface area contributed by atoms with Gasteiger partial charge in [-0.25, -0.2) is 4.79 Å². The molecule has 134 valence electrons. The smallest absolute Gasteiger partial charge is 0.384 e. The van der Waals surface area contributed by atoms with Gasteiger partial charge < -0.3 is 9.47 Å². The highest BCUT2D eigenvalue weighted by molar-refractivity contribution is 5.88. The second kappa shape index (κ2) is 10.8. The molecule has 0 aromatic heterocycles. The summed E-state index contributed by atoms with van der Waals surface area (Å²) in [4.78, 5) is 32.8. The Bertz CT molecular complexity index is 660. The van der Waals surface area contributed by atoms with Crippen LogP contribution in [0.1, 0.15) is 25.8 Å². The van der Waals surface area contributed by atoms with Gasteiger partial charge in [-0.2, -0.15) is 0 Å². The van der Waals surface area contributed by atoms with Crippen molar-refractivity contribution in [2.75, 3.05) is 13.1 Å². The van der Waals surface area contributed by atoms with E-state index >= 15 is 0 Å². The number of hydrogen-bond donors (Lipinski definition) is 1. The van der Waals surface area contributed by atoms with Gasteiger partial charge in [0.15, 0.2) is 0 Å². The van der Waals surface area contributed by atoms with Gasteiger partial charge in [0.2, 0.25) is 0 Å². The summed E-state index contributed by atoms with van der Waals surface area (Å²) >= 11 is 0. The highest BCUT2D eigenvalue weighted by Gasteiger charge is 2.06. The quantitative estimate of drug-likeness (QED) is 0.190. The van der Waals surface area contributed by atoms with Gasteiger partial charge in [-0.05, 0) is 31.0 Å². The fourth-order valence-electron chi connectivity index (χ4n) is 1.59. The van der Waals surface area contributed by atoms with E-state index in [-0.39, 0.29) is 37.5 Å². The third kappa shape index (κ3) is 8.48. The van der Waals surface area contributed by atoms with Crippen molar-refractivity contribution in [3.63, 3.8) is 0 Å². The zero-order valence-electron chi connectivity index (χ0n) is 14.1. The van der Waals surface area contributed by atoms with Gasteiger partial charge in [-0.15, -0.1) is 0 Å². The number of non-ortho nitro benzene ring substituents is 1. The molecule has 0 spiro atoms. The molecule has 8 heteroatoms. The van der Waals surface area contributed by atoms with Crippen molar-refractivity contribution in [2.24, 2.45) is 0 Å². The van der Waals surface area contributed by atoms with Crippen molar-refractivity contribution in [3.8, 4) is 11.8 Å². The molecule has 0 amide bonds. The van der Waals surface area contributed by atoms with Crippen molar-refractivity contribution >= 4 is 17.6 Å². The zero-order chi connectivity index (χ0) is 18.7. The molecule has 0 fully saturated rings. The Morgan fingerprint density at radius 2 is 2.00 bits per heavy atom. The first-order valence-electron chi connectivity index (χ1n) is 7.71. The fourth-order valence-corrected chi connectivity index (χ4v) is 1.59. The van der Waals surface area contributed by atoms with Crippen molar-refractivity contribution in [1.82, 2.24) is 5.32 Å². The van der Waals surface area contributed by atoms with Gasteiger partial charge in [-0.3, -0.25) is 20.2 Å². The van der Waals surface area contributed by atoms with Gasteiger partial charge in [0, 0.05) is 18.1 Å². The standard InChI is InChI=1S/C17H20N2O6/c1-3-13(2)25-17(21)11-18-10-4-5-16(20)24-12-14-6-8-15(9-7-14)19(22)23/h6-9,13,18H,3,10-12H2,1-2H3. The molecule has 25 heavy (non-hydrogen) atoms. The Morgan fingerprint density at radius 3 is 2.60 bits per heavy atom. The van der Waals surface area contributed by atoms with Crippen molar-refractivity contribution in [2.45, 2.75) is 33.0 Å². The van der Waals surface area contributed by atoms with E-state index in [4.69, 9.17) is 9.47 Å². The summed E-state index contributed by atoms with van der Waals surface area (Å²) in [5, 5.41) is 13.3. The van der Waals surface area contributed by atoms with Crippen molar-refractivity contribution < 1.29 is 24.0 Å². The van der Waals surface area contributed by atoms with Crippen LogP contribution in [0.25, 0.3) is 0 Å². The minimum absolute atomic E-state index is 0.0108. The van der Waals surface area contributed by atoms with Crippen LogP contribution in [0.4, 0.5) is 5.69 Å². The third-order valence-corrected chi connectivity index (χ3v) is 3.10. The maximum atomic E-state index is 11.4. The monoisotopic (exact) mass is 348 g/mol. The molecule has 1 rings (SSSR count). The predicted octanol–water partition coefficient (Wildman–Crippen LogP) is 1.57. The molecular formula is C17H20N2O6. The number of nitrogens with one attached hydrogen (secondary N) is 1. The molecule has 1 N–H and O–H groups in total. The van der Waals surface area contributed by atoms with E-state index in [1.165, 1.54) is 24.3 Å². The first-order valence-corrected chi connectivity index (χ1v) is 7.71. The Hall–Kier alpha value is -2.92. The summed E-state index contributed by atoms with van der Waals surface area (Å²) in [5.74, 6) is 3.71. The Morgan fingerprint density at radius 1 is 1.32 bits per heavy atom.